The van der Waals surface area contributed by atoms with E-state index in [-0.39, 0.29) is 5.75 Å². The second-order valence-corrected chi connectivity index (χ2v) is 7.65. The van der Waals surface area contributed by atoms with Gasteiger partial charge in [-0.15, -0.1) is 0 Å². The molecule has 6 heteroatoms. The topological polar surface area (TPSA) is 55.4 Å². The monoisotopic (exact) mass is 349 g/mol. The number of ether oxygens (including phenoxy) is 1. The van der Waals surface area contributed by atoms with E-state index in [1.165, 1.54) is 6.26 Å². The first-order valence-electron chi connectivity index (χ1n) is 6.07. The van der Waals surface area contributed by atoms with Crippen LogP contribution in [0.5, 0.6) is 5.75 Å². The Morgan fingerprint density at radius 1 is 1.21 bits per heavy atom. The highest BCUT2D eigenvalue weighted by Crippen LogP contribution is 2.26. The summed E-state index contributed by atoms with van der Waals surface area (Å²) in [6.07, 6.45) is 1.23. The maximum Gasteiger partial charge on any atom is 0.148 e. The molecule has 0 spiro atoms. The quantitative estimate of drug-likeness (QED) is 0.765. The largest absolute Gasteiger partial charge is 0.492 e. The molecule has 0 aliphatic heterocycles. The number of halogens is 1. The van der Waals surface area contributed by atoms with Crippen LogP contribution in [0.1, 0.15) is 11.1 Å². The number of rotatable bonds is 7. The standard InChI is InChI=1S/C13H20BrNO3S/c1-10-8-12(9-11(2)13(10)14)18-6-4-15-5-7-19(3,16)17/h8-9,15H,4-7H2,1-3H3. The molecule has 0 aromatic heterocycles. The maximum atomic E-state index is 10.9. The van der Waals surface area contributed by atoms with E-state index in [2.05, 4.69) is 21.2 Å². The van der Waals surface area contributed by atoms with Crippen LogP contribution in [0.25, 0.3) is 0 Å². The van der Waals surface area contributed by atoms with Crippen LogP contribution in [0.4, 0.5) is 0 Å². The van der Waals surface area contributed by atoms with Gasteiger partial charge in [0, 0.05) is 23.8 Å². The fourth-order valence-corrected chi connectivity index (χ4v) is 2.36. The number of nitrogens with one attached hydrogen (secondary N) is 1. The van der Waals surface area contributed by atoms with Gasteiger partial charge >= 0.3 is 0 Å². The molecule has 0 unspecified atom stereocenters. The van der Waals surface area contributed by atoms with Crippen LogP contribution in [0.15, 0.2) is 16.6 Å². The molecule has 1 N–H and O–H groups in total. The van der Waals surface area contributed by atoms with Crippen LogP contribution >= 0.6 is 15.9 Å². The first-order chi connectivity index (χ1) is 8.79. The van der Waals surface area contributed by atoms with Crippen LogP contribution < -0.4 is 10.1 Å². The first kappa shape index (κ1) is 16.5. The number of hydrogen-bond acceptors (Lipinski definition) is 4. The van der Waals surface area contributed by atoms with Gasteiger partial charge in [0.2, 0.25) is 0 Å². The van der Waals surface area contributed by atoms with E-state index in [4.69, 9.17) is 4.74 Å². The van der Waals surface area contributed by atoms with Gasteiger partial charge < -0.3 is 10.1 Å². The van der Waals surface area contributed by atoms with Crippen molar-refractivity contribution in [1.29, 1.82) is 0 Å². The zero-order valence-corrected chi connectivity index (χ0v) is 13.9. The first-order valence-corrected chi connectivity index (χ1v) is 8.93. The minimum atomic E-state index is -2.89. The molecule has 0 saturated heterocycles. The van der Waals surface area contributed by atoms with Crippen molar-refractivity contribution in [3.05, 3.63) is 27.7 Å². The fraction of sp³-hybridized carbons (Fsp3) is 0.538. The summed E-state index contributed by atoms with van der Waals surface area (Å²) in [6, 6.07) is 3.96. The van der Waals surface area contributed by atoms with E-state index < -0.39 is 9.84 Å². The highest BCUT2D eigenvalue weighted by molar-refractivity contribution is 9.10. The smallest absolute Gasteiger partial charge is 0.148 e. The van der Waals surface area contributed by atoms with Gasteiger partial charge in [0.25, 0.3) is 0 Å². The Morgan fingerprint density at radius 3 is 2.32 bits per heavy atom. The van der Waals surface area contributed by atoms with Crippen molar-refractivity contribution < 1.29 is 13.2 Å². The molecule has 4 nitrogen and oxygen atoms in total. The summed E-state index contributed by atoms with van der Waals surface area (Å²) in [5.74, 6) is 0.992. The van der Waals surface area contributed by atoms with E-state index in [0.717, 1.165) is 21.3 Å². The van der Waals surface area contributed by atoms with E-state index in [1.54, 1.807) is 0 Å². The van der Waals surface area contributed by atoms with Crippen molar-refractivity contribution >= 4 is 25.8 Å². The molecule has 1 aromatic carbocycles. The minimum absolute atomic E-state index is 0.156. The second kappa shape index (κ2) is 7.26. The van der Waals surface area contributed by atoms with Gasteiger partial charge in [0.15, 0.2) is 0 Å². The molecule has 1 rings (SSSR count). The summed E-state index contributed by atoms with van der Waals surface area (Å²) < 4.78 is 28.6. The van der Waals surface area contributed by atoms with E-state index in [9.17, 15) is 8.42 Å². The Bertz CT molecular complexity index is 506. The summed E-state index contributed by atoms with van der Waals surface area (Å²) in [7, 11) is -2.89. The molecule has 1 aromatic rings. The Labute approximate surface area is 123 Å². The summed E-state index contributed by atoms with van der Waals surface area (Å²) in [5.41, 5.74) is 2.28. The highest BCUT2D eigenvalue weighted by atomic mass is 79.9. The lowest BCUT2D eigenvalue weighted by molar-refractivity contribution is 0.315. The normalized spacial score (nSPS) is 11.6. The van der Waals surface area contributed by atoms with Crippen molar-refractivity contribution in [3.8, 4) is 5.75 Å². The van der Waals surface area contributed by atoms with E-state index in [0.29, 0.717) is 19.7 Å². The predicted octanol–water partition coefficient (Wildman–Crippen LogP) is 2.08. The Kier molecular flexibility index (Phi) is 6.29. The number of benzene rings is 1. The molecule has 0 aliphatic carbocycles. The predicted molar refractivity (Wildman–Crippen MR) is 81.7 cm³/mol. The van der Waals surface area contributed by atoms with Crippen molar-refractivity contribution in [2.45, 2.75) is 13.8 Å². The van der Waals surface area contributed by atoms with Gasteiger partial charge in [-0.05, 0) is 37.1 Å². The average Bonchev–Trinajstić information content (AvgIpc) is 2.29. The van der Waals surface area contributed by atoms with Gasteiger partial charge in [-0.2, -0.15) is 0 Å². The average molecular weight is 350 g/mol. The molecular weight excluding hydrogens is 330 g/mol. The third-order valence-corrected chi connectivity index (χ3v) is 4.80. The van der Waals surface area contributed by atoms with Gasteiger partial charge in [-0.25, -0.2) is 8.42 Å². The Hall–Kier alpha value is -0.590. The van der Waals surface area contributed by atoms with Crippen LogP contribution in [0.2, 0.25) is 0 Å². The van der Waals surface area contributed by atoms with Crippen LogP contribution in [0, 0.1) is 13.8 Å². The molecule has 0 amide bonds. The summed E-state index contributed by atoms with van der Waals surface area (Å²) in [4.78, 5) is 0. The number of aryl methyl sites for hydroxylation is 2. The highest BCUT2D eigenvalue weighted by Gasteiger charge is 2.03. The zero-order valence-electron chi connectivity index (χ0n) is 11.5. The Morgan fingerprint density at radius 2 is 1.79 bits per heavy atom. The molecule has 0 bridgehead atoms. The molecule has 0 fully saturated rings. The molecule has 0 heterocycles. The number of hydrogen-bond donors (Lipinski definition) is 1. The third-order valence-electron chi connectivity index (χ3n) is 2.61. The van der Waals surface area contributed by atoms with Crippen LogP contribution in [-0.4, -0.2) is 40.1 Å². The summed E-state index contributed by atoms with van der Waals surface area (Å²) in [5, 5.41) is 3.04. The summed E-state index contributed by atoms with van der Waals surface area (Å²) in [6.45, 7) is 5.65. The van der Waals surface area contributed by atoms with Crippen molar-refractivity contribution in [2.24, 2.45) is 0 Å². The molecule has 0 radical (unpaired) electrons. The molecule has 0 atom stereocenters. The molecule has 19 heavy (non-hydrogen) atoms. The minimum Gasteiger partial charge on any atom is -0.492 e. The molecular formula is C13H20BrNO3S. The van der Waals surface area contributed by atoms with Crippen LogP contribution in [-0.2, 0) is 9.84 Å². The maximum absolute atomic E-state index is 10.9. The van der Waals surface area contributed by atoms with Crippen molar-refractivity contribution in [1.82, 2.24) is 5.32 Å². The van der Waals surface area contributed by atoms with Gasteiger partial charge in [0.1, 0.15) is 22.2 Å². The fourth-order valence-electron chi connectivity index (χ4n) is 1.61. The van der Waals surface area contributed by atoms with E-state index >= 15 is 0 Å². The molecule has 0 saturated carbocycles. The van der Waals surface area contributed by atoms with Gasteiger partial charge in [-0.3, -0.25) is 0 Å². The number of sulfone groups is 1. The van der Waals surface area contributed by atoms with Crippen molar-refractivity contribution in [2.75, 3.05) is 31.7 Å². The van der Waals surface area contributed by atoms with Crippen LogP contribution in [0.3, 0.4) is 0 Å². The zero-order chi connectivity index (χ0) is 14.5. The van der Waals surface area contributed by atoms with Gasteiger partial charge in [0.05, 0.1) is 5.75 Å². The molecule has 108 valence electrons. The van der Waals surface area contributed by atoms with Crippen molar-refractivity contribution in [3.63, 3.8) is 0 Å². The third kappa shape index (κ3) is 6.40. The lowest BCUT2D eigenvalue weighted by Gasteiger charge is -2.10. The Balaban J connectivity index is 2.30. The van der Waals surface area contributed by atoms with Gasteiger partial charge in [-0.1, -0.05) is 15.9 Å². The van der Waals surface area contributed by atoms with E-state index in [1.807, 2.05) is 26.0 Å². The lowest BCUT2D eigenvalue weighted by Crippen LogP contribution is -2.26. The lowest BCUT2D eigenvalue weighted by atomic mass is 10.1. The molecule has 0 aliphatic rings. The summed E-state index contributed by atoms with van der Waals surface area (Å²) >= 11 is 3.51. The SMILES string of the molecule is Cc1cc(OCCNCCS(C)(=O)=O)cc(C)c1Br. The second-order valence-electron chi connectivity index (χ2n) is 4.60.